The zero-order chi connectivity index (χ0) is 40.1. The van der Waals surface area contributed by atoms with Gasteiger partial charge < -0.3 is 25.4 Å². The van der Waals surface area contributed by atoms with Gasteiger partial charge in [0.15, 0.2) is 5.76 Å². The third-order valence-electron chi connectivity index (χ3n) is 10.4. The van der Waals surface area contributed by atoms with Crippen molar-refractivity contribution in [3.8, 4) is 0 Å². The highest BCUT2D eigenvalue weighted by Gasteiger charge is 2.47. The Morgan fingerprint density at radius 3 is 2.20 bits per heavy atom. The van der Waals surface area contributed by atoms with Gasteiger partial charge in [-0.2, -0.15) is 13.2 Å². The first-order chi connectivity index (χ1) is 26.1. The second-order valence-electron chi connectivity index (χ2n) is 14.0. The highest BCUT2D eigenvalue weighted by Crippen LogP contribution is 2.40. The summed E-state index contributed by atoms with van der Waals surface area (Å²) in [4.78, 5) is 71.0. The number of aromatic amines is 1. The molecule has 16 heteroatoms. The molecule has 5 atom stereocenters. The van der Waals surface area contributed by atoms with E-state index in [2.05, 4.69) is 31.8 Å². The van der Waals surface area contributed by atoms with Crippen LogP contribution in [0.1, 0.15) is 79.9 Å². The van der Waals surface area contributed by atoms with Gasteiger partial charge in [-0.15, -0.1) is 0 Å². The number of rotatable bonds is 13. The van der Waals surface area contributed by atoms with E-state index in [9.17, 15) is 41.5 Å². The normalized spacial score (nSPS) is 17.6. The highest BCUT2D eigenvalue weighted by molar-refractivity contribution is 5.99. The van der Waals surface area contributed by atoms with Gasteiger partial charge in [0, 0.05) is 17.5 Å². The lowest BCUT2D eigenvalue weighted by molar-refractivity contribution is -0.139. The lowest BCUT2D eigenvalue weighted by Gasteiger charge is -2.39. The number of carbonyl (C=O) groups is 5. The molecule has 0 radical (unpaired) electrons. The zero-order valence-electron chi connectivity index (χ0n) is 30.8. The van der Waals surface area contributed by atoms with Gasteiger partial charge in [0.25, 0.3) is 5.91 Å². The summed E-state index contributed by atoms with van der Waals surface area (Å²) < 4.78 is 61.6. The van der Waals surface area contributed by atoms with Gasteiger partial charge in [-0.25, -0.2) is 4.39 Å². The Morgan fingerprint density at radius 1 is 0.873 bits per heavy atom. The topological polar surface area (TPSA) is 174 Å². The Hall–Kier alpha value is -5.67. The zero-order valence-corrected chi connectivity index (χ0v) is 30.8. The van der Waals surface area contributed by atoms with Crippen molar-refractivity contribution in [1.82, 2.24) is 31.8 Å². The molecule has 2 heterocycles. The molecule has 6 N–H and O–H groups in total. The number of benzene rings is 2. The number of aromatic nitrogens is 1. The van der Waals surface area contributed by atoms with Gasteiger partial charge in [-0.1, -0.05) is 70.9 Å². The molecule has 0 fully saturated rings. The molecule has 2 aromatic heterocycles. The molecule has 1 aliphatic rings. The number of nitrogens with one attached hydrogen (secondary N) is 6. The van der Waals surface area contributed by atoms with Crippen LogP contribution in [0.4, 0.5) is 17.6 Å². The van der Waals surface area contributed by atoms with Gasteiger partial charge in [-0.3, -0.25) is 34.8 Å². The van der Waals surface area contributed by atoms with E-state index in [1.54, 1.807) is 33.8 Å². The van der Waals surface area contributed by atoms with Gasteiger partial charge >= 0.3 is 12.1 Å². The molecule has 12 nitrogen and oxygen atoms in total. The fourth-order valence-corrected chi connectivity index (χ4v) is 6.77. The molecule has 0 spiro atoms. The molecule has 0 saturated carbocycles. The quantitative estimate of drug-likeness (QED) is 0.0823. The first-order valence-electron chi connectivity index (χ1n) is 18.1. The maximum absolute atomic E-state index is 14.6. The Kier molecular flexibility index (Phi) is 12.4. The van der Waals surface area contributed by atoms with Crippen LogP contribution in [0.3, 0.4) is 0 Å². The number of fused-ring (bicyclic) bond motifs is 3. The molecule has 0 aliphatic heterocycles. The van der Waals surface area contributed by atoms with Crippen LogP contribution >= 0.6 is 0 Å². The van der Waals surface area contributed by atoms with E-state index in [0.717, 1.165) is 6.07 Å². The molecule has 5 amide bonds. The number of H-pyrrole nitrogens is 1. The first kappa shape index (κ1) is 40.5. The second kappa shape index (κ2) is 16.8. The highest BCUT2D eigenvalue weighted by atomic mass is 19.4. The van der Waals surface area contributed by atoms with Crippen molar-refractivity contribution < 1.29 is 46.0 Å². The van der Waals surface area contributed by atoms with Gasteiger partial charge in [0.05, 0.1) is 23.8 Å². The summed E-state index contributed by atoms with van der Waals surface area (Å²) in [5, 5.41) is 8.50. The summed E-state index contributed by atoms with van der Waals surface area (Å²) in [6, 6.07) is 9.87. The van der Waals surface area contributed by atoms with Gasteiger partial charge in [0.1, 0.15) is 23.4 Å². The van der Waals surface area contributed by atoms with E-state index in [0.29, 0.717) is 24.1 Å². The van der Waals surface area contributed by atoms with Crippen molar-refractivity contribution in [3.63, 3.8) is 0 Å². The summed E-state index contributed by atoms with van der Waals surface area (Å²) in [6.07, 6.45) is -3.24. The number of alkyl halides is 3. The summed E-state index contributed by atoms with van der Waals surface area (Å²) >= 11 is 0. The molecule has 0 saturated heterocycles. The molecule has 5 rings (SSSR count). The van der Waals surface area contributed by atoms with E-state index in [1.165, 1.54) is 48.7 Å². The molecular formula is C39H44F4N6O6. The molecule has 2 aromatic carbocycles. The van der Waals surface area contributed by atoms with Crippen LogP contribution < -0.4 is 26.8 Å². The Morgan fingerprint density at radius 2 is 1.56 bits per heavy atom. The van der Waals surface area contributed by atoms with Crippen molar-refractivity contribution >= 4 is 40.4 Å². The van der Waals surface area contributed by atoms with Crippen molar-refractivity contribution in [3.05, 3.63) is 94.8 Å². The summed E-state index contributed by atoms with van der Waals surface area (Å²) in [5.74, 6) is -5.35. The number of hydrogen-bond acceptors (Lipinski definition) is 6. The smallest absolute Gasteiger partial charge is 0.418 e. The average Bonchev–Trinajstić information content (AvgIpc) is 3.83. The number of aryl methyl sites for hydroxylation is 1. The number of furan rings is 1. The Labute approximate surface area is 314 Å². The predicted molar refractivity (Wildman–Crippen MR) is 193 cm³/mol. The van der Waals surface area contributed by atoms with Crippen molar-refractivity contribution in [2.45, 2.75) is 90.0 Å². The maximum atomic E-state index is 14.6. The number of amides is 5. The fourth-order valence-electron chi connectivity index (χ4n) is 6.77. The number of halogens is 4. The predicted octanol–water partition coefficient (Wildman–Crippen LogP) is 5.03. The van der Waals surface area contributed by atoms with Crippen LogP contribution in [0.25, 0.3) is 10.9 Å². The third kappa shape index (κ3) is 9.01. The molecule has 294 valence electrons. The van der Waals surface area contributed by atoms with Crippen LogP contribution in [0.15, 0.2) is 65.3 Å². The monoisotopic (exact) mass is 768 g/mol. The van der Waals surface area contributed by atoms with Crippen molar-refractivity contribution in [2.75, 3.05) is 0 Å². The van der Waals surface area contributed by atoms with Crippen molar-refractivity contribution in [1.29, 1.82) is 0 Å². The molecular weight excluding hydrogens is 724 g/mol. The van der Waals surface area contributed by atoms with Gasteiger partial charge in [-0.05, 0) is 60.1 Å². The van der Waals surface area contributed by atoms with Crippen LogP contribution in [0, 0.1) is 17.7 Å². The number of carbonyl (C=O) groups excluding carboxylic acids is 5. The van der Waals surface area contributed by atoms with Gasteiger partial charge in [0.2, 0.25) is 17.7 Å². The first-order valence-corrected chi connectivity index (χ1v) is 18.1. The van der Waals surface area contributed by atoms with Crippen LogP contribution in [-0.2, 0) is 44.6 Å². The van der Waals surface area contributed by atoms with Crippen LogP contribution in [-0.4, -0.2) is 52.1 Å². The largest absolute Gasteiger partial charge is 0.459 e. The Bertz CT molecular complexity index is 2050. The molecule has 1 aliphatic carbocycles. The van der Waals surface area contributed by atoms with E-state index in [1.807, 2.05) is 0 Å². The number of hydrogen-bond donors (Lipinski definition) is 6. The van der Waals surface area contributed by atoms with E-state index in [-0.39, 0.29) is 47.9 Å². The lowest BCUT2D eigenvalue weighted by atomic mass is 9.78. The number of para-hydroxylation sites is 1. The minimum Gasteiger partial charge on any atom is -0.459 e. The second-order valence-corrected chi connectivity index (χ2v) is 14.0. The van der Waals surface area contributed by atoms with Crippen LogP contribution in [0.5, 0.6) is 0 Å². The molecule has 55 heavy (non-hydrogen) atoms. The fraction of sp³-hybridized carbons (Fsp3) is 0.410. The maximum Gasteiger partial charge on any atom is 0.418 e. The SMILES string of the molecule is CCC(C)[C@H](NC(=O)Cc1ccccc1F)C(=O)N[C@]1(C(=O)NC(C(=O)NNC(=O)c2ccco2)[C@@H](C)CC)CCc2[nH]c3c(C(F)(F)F)cccc3c2C1. The Balaban J connectivity index is 1.48. The molecule has 0 bridgehead atoms. The average molecular weight is 769 g/mol. The third-order valence-corrected chi connectivity index (χ3v) is 10.4. The minimum atomic E-state index is -4.68. The summed E-state index contributed by atoms with van der Waals surface area (Å²) in [5.41, 5.74) is 2.63. The minimum absolute atomic E-state index is 0.0437. The molecule has 4 aromatic rings. The number of hydrazine groups is 1. The van der Waals surface area contributed by atoms with Crippen LogP contribution in [0.2, 0.25) is 0 Å². The van der Waals surface area contributed by atoms with Crippen molar-refractivity contribution in [2.24, 2.45) is 11.8 Å². The van der Waals surface area contributed by atoms with E-state index in [4.69, 9.17) is 4.42 Å². The standard InChI is InChI=1S/C39H44F4N6O6/c1-5-21(3)31(45-30(50)19-23-11-7-8-14-27(23)40)35(52)47-38(17-16-28-25(20-38)24-12-9-13-26(33(24)44-28)39(41,42)43)37(54)46-32(22(4)6-2)36(53)49-48-34(51)29-15-10-18-55-29/h7-15,18,21-22,31-32,44H,5-6,16-17,19-20H2,1-4H3,(H,45,50)(H,46,54)(H,47,52)(H,48,51)(H,49,53)/t21?,22-,31-,32?,38+/m0/s1. The summed E-state index contributed by atoms with van der Waals surface area (Å²) in [6.45, 7) is 7.00. The molecule has 2 unspecified atom stereocenters. The van der Waals surface area contributed by atoms with E-state index < -0.39 is 76.6 Å². The summed E-state index contributed by atoms with van der Waals surface area (Å²) in [7, 11) is 0. The lowest BCUT2D eigenvalue weighted by Crippen LogP contribution is -2.67. The van der Waals surface area contributed by atoms with E-state index >= 15 is 0 Å².